The Hall–Kier alpha value is -1.59. The highest BCUT2D eigenvalue weighted by molar-refractivity contribution is 5.68. The fourth-order valence-corrected chi connectivity index (χ4v) is 4.91. The van der Waals surface area contributed by atoms with Crippen molar-refractivity contribution in [1.82, 2.24) is 0 Å². The Bertz CT molecular complexity index is 612. The fourth-order valence-electron chi connectivity index (χ4n) is 4.91. The number of fused-ring (bicyclic) bond motifs is 2. The van der Waals surface area contributed by atoms with E-state index in [-0.39, 0.29) is 19.3 Å². The maximum Gasteiger partial charge on any atom is 0.341 e. The van der Waals surface area contributed by atoms with Gasteiger partial charge in [0.15, 0.2) is 6.61 Å². The molecule has 0 spiro atoms. The van der Waals surface area contributed by atoms with E-state index in [0.29, 0.717) is 29.4 Å². The van der Waals surface area contributed by atoms with Gasteiger partial charge < -0.3 is 20.1 Å². The molecule has 2 aliphatic rings. The van der Waals surface area contributed by atoms with Crippen molar-refractivity contribution in [2.75, 3.05) is 13.2 Å². The molecule has 0 aromatic heterocycles. The molecule has 138 valence electrons. The van der Waals surface area contributed by atoms with E-state index in [0.717, 1.165) is 37.7 Å². The van der Waals surface area contributed by atoms with Gasteiger partial charge in [-0.05, 0) is 79.9 Å². The number of ether oxygens (including phenoxy) is 1. The molecule has 5 atom stereocenters. The van der Waals surface area contributed by atoms with E-state index in [1.807, 2.05) is 19.1 Å². The first-order chi connectivity index (χ1) is 12.0. The van der Waals surface area contributed by atoms with E-state index < -0.39 is 5.97 Å². The van der Waals surface area contributed by atoms with Gasteiger partial charge in [0.2, 0.25) is 0 Å². The van der Waals surface area contributed by atoms with E-state index >= 15 is 0 Å². The third-order valence-electron chi connectivity index (χ3n) is 6.02. The van der Waals surface area contributed by atoms with Crippen molar-refractivity contribution in [2.24, 2.45) is 23.7 Å². The third kappa shape index (κ3) is 3.98. The number of carboxylic acid groups (broad SMARTS) is 1. The van der Waals surface area contributed by atoms with Crippen LogP contribution in [0.5, 0.6) is 5.75 Å². The van der Waals surface area contributed by atoms with Crippen LogP contribution in [-0.2, 0) is 17.6 Å². The summed E-state index contributed by atoms with van der Waals surface area (Å²) in [7, 11) is 0. The molecule has 3 N–H and O–H groups in total. The van der Waals surface area contributed by atoms with Crippen LogP contribution < -0.4 is 4.74 Å². The van der Waals surface area contributed by atoms with Gasteiger partial charge in [-0.1, -0.05) is 12.1 Å². The first-order valence-electron chi connectivity index (χ1n) is 9.23. The molecule has 1 aromatic carbocycles. The lowest BCUT2D eigenvalue weighted by Gasteiger charge is -2.33. The van der Waals surface area contributed by atoms with E-state index in [1.54, 1.807) is 0 Å². The summed E-state index contributed by atoms with van der Waals surface area (Å²) in [5, 5.41) is 28.3. The Kier molecular flexibility index (Phi) is 5.64. The Morgan fingerprint density at radius 3 is 2.84 bits per heavy atom. The molecule has 0 radical (unpaired) electrons. The van der Waals surface area contributed by atoms with Crippen molar-refractivity contribution in [3.05, 3.63) is 29.3 Å². The summed E-state index contributed by atoms with van der Waals surface area (Å²) in [6.07, 6.45) is 4.26. The molecule has 5 heteroatoms. The number of aliphatic hydroxyl groups is 2. The Balaban J connectivity index is 1.79. The van der Waals surface area contributed by atoms with Crippen LogP contribution in [0, 0.1) is 23.7 Å². The van der Waals surface area contributed by atoms with Crippen molar-refractivity contribution in [1.29, 1.82) is 0 Å². The van der Waals surface area contributed by atoms with E-state index in [9.17, 15) is 15.0 Å². The molecule has 5 nitrogen and oxygen atoms in total. The highest BCUT2D eigenvalue weighted by Crippen LogP contribution is 2.50. The molecule has 25 heavy (non-hydrogen) atoms. The van der Waals surface area contributed by atoms with Gasteiger partial charge in [-0.2, -0.15) is 0 Å². The molecular weight excluding hydrogens is 320 g/mol. The molecule has 0 heterocycles. The van der Waals surface area contributed by atoms with Crippen LogP contribution in [0.1, 0.15) is 37.3 Å². The summed E-state index contributed by atoms with van der Waals surface area (Å²) in [6, 6.07) is 5.89. The van der Waals surface area contributed by atoms with Gasteiger partial charge in [-0.25, -0.2) is 4.79 Å². The summed E-state index contributed by atoms with van der Waals surface area (Å²) >= 11 is 0. The highest BCUT2D eigenvalue weighted by Gasteiger charge is 2.45. The fraction of sp³-hybridized carbons (Fsp3) is 0.650. The zero-order valence-corrected chi connectivity index (χ0v) is 14.7. The van der Waals surface area contributed by atoms with Gasteiger partial charge in [-0.3, -0.25) is 0 Å². The van der Waals surface area contributed by atoms with E-state index in [2.05, 4.69) is 6.07 Å². The second kappa shape index (κ2) is 7.75. The lowest BCUT2D eigenvalue weighted by molar-refractivity contribution is -0.139. The number of aliphatic carboxylic acids is 1. The average Bonchev–Trinajstić information content (AvgIpc) is 2.92. The minimum atomic E-state index is -0.967. The molecule has 0 amide bonds. The minimum absolute atomic E-state index is 0.205. The number of benzene rings is 1. The van der Waals surface area contributed by atoms with Gasteiger partial charge in [0.1, 0.15) is 5.75 Å². The van der Waals surface area contributed by atoms with Gasteiger partial charge >= 0.3 is 5.97 Å². The molecule has 1 aromatic rings. The molecule has 1 saturated carbocycles. The average molecular weight is 348 g/mol. The lowest BCUT2D eigenvalue weighted by atomic mass is 9.73. The van der Waals surface area contributed by atoms with Gasteiger partial charge in [-0.15, -0.1) is 0 Å². The lowest BCUT2D eigenvalue weighted by Crippen LogP contribution is -2.27. The third-order valence-corrected chi connectivity index (χ3v) is 6.02. The number of hydrogen-bond donors (Lipinski definition) is 3. The predicted molar refractivity (Wildman–Crippen MR) is 93.6 cm³/mol. The summed E-state index contributed by atoms with van der Waals surface area (Å²) in [5.41, 5.74) is 2.38. The van der Waals surface area contributed by atoms with Gasteiger partial charge in [0.05, 0.1) is 6.10 Å². The molecule has 0 bridgehead atoms. The highest BCUT2D eigenvalue weighted by atomic mass is 16.5. The van der Waals surface area contributed by atoms with Crippen LogP contribution in [0.25, 0.3) is 0 Å². The van der Waals surface area contributed by atoms with Crippen LogP contribution in [0.2, 0.25) is 0 Å². The molecule has 2 aliphatic carbocycles. The number of aliphatic hydroxyl groups excluding tert-OH is 2. The smallest absolute Gasteiger partial charge is 0.341 e. The van der Waals surface area contributed by atoms with Crippen LogP contribution in [-0.4, -0.2) is 40.6 Å². The van der Waals surface area contributed by atoms with Crippen molar-refractivity contribution in [2.45, 2.75) is 45.1 Å². The first-order valence-corrected chi connectivity index (χ1v) is 9.23. The van der Waals surface area contributed by atoms with Crippen molar-refractivity contribution in [3.8, 4) is 5.75 Å². The molecule has 0 unspecified atom stereocenters. The quantitative estimate of drug-likeness (QED) is 0.704. The predicted octanol–water partition coefficient (Wildman–Crippen LogP) is 2.27. The largest absolute Gasteiger partial charge is 0.482 e. The summed E-state index contributed by atoms with van der Waals surface area (Å²) in [5.74, 6) is 1.49. The zero-order valence-electron chi connectivity index (χ0n) is 14.7. The normalized spacial score (nSPS) is 28.9. The van der Waals surface area contributed by atoms with E-state index in [1.165, 1.54) is 5.56 Å². The summed E-state index contributed by atoms with van der Waals surface area (Å²) in [4.78, 5) is 10.8. The minimum Gasteiger partial charge on any atom is -0.482 e. The summed E-state index contributed by atoms with van der Waals surface area (Å²) in [6.45, 7) is 1.71. The van der Waals surface area contributed by atoms with E-state index in [4.69, 9.17) is 9.84 Å². The van der Waals surface area contributed by atoms with Gasteiger partial charge in [0, 0.05) is 6.61 Å². The van der Waals surface area contributed by atoms with Crippen molar-refractivity contribution >= 4 is 5.97 Å². The zero-order chi connectivity index (χ0) is 18.0. The number of carboxylic acids is 1. The number of carbonyl (C=O) groups is 1. The Labute approximate surface area is 148 Å². The van der Waals surface area contributed by atoms with Crippen molar-refractivity contribution < 1.29 is 24.9 Å². The Morgan fingerprint density at radius 1 is 1.36 bits per heavy atom. The SMILES string of the molecule is C[C@H](O)CC[C@H]1[C@H](CO)C[C@@H]2Cc3c(cccc3OCC(=O)O)C[C@@H]21. The standard InChI is InChI=1S/C20H28O5/c1-12(22)5-6-16-15(10-21)7-14-9-18-13(8-17(14)16)3-2-4-19(18)25-11-20(23)24/h2-4,12,14-17,21-22H,5-11H2,1H3,(H,23,24)/t12-,14+,15-,16-,17-/m0/s1. The topological polar surface area (TPSA) is 87.0 Å². The molecular formula is C20H28O5. The maximum absolute atomic E-state index is 10.8. The molecule has 3 rings (SSSR count). The van der Waals surface area contributed by atoms with Crippen molar-refractivity contribution in [3.63, 3.8) is 0 Å². The summed E-state index contributed by atoms with van der Waals surface area (Å²) < 4.78 is 5.49. The maximum atomic E-state index is 10.8. The Morgan fingerprint density at radius 2 is 2.16 bits per heavy atom. The van der Waals surface area contributed by atoms with Crippen LogP contribution in [0.4, 0.5) is 0 Å². The molecule has 0 saturated heterocycles. The monoisotopic (exact) mass is 348 g/mol. The number of hydrogen-bond acceptors (Lipinski definition) is 4. The number of rotatable bonds is 7. The first kappa shape index (κ1) is 18.2. The second-order valence-electron chi connectivity index (χ2n) is 7.68. The molecule has 0 aliphatic heterocycles. The molecule has 1 fully saturated rings. The van der Waals surface area contributed by atoms with Crippen LogP contribution in [0.3, 0.4) is 0 Å². The van der Waals surface area contributed by atoms with Crippen LogP contribution in [0.15, 0.2) is 18.2 Å². The second-order valence-corrected chi connectivity index (χ2v) is 7.68. The van der Waals surface area contributed by atoms with Crippen LogP contribution >= 0.6 is 0 Å². The van der Waals surface area contributed by atoms with Gasteiger partial charge in [0.25, 0.3) is 0 Å².